The molecule has 0 radical (unpaired) electrons. The number of benzene rings is 1. The van der Waals surface area contributed by atoms with Crippen LogP contribution in [0.2, 0.25) is 0 Å². The quantitative estimate of drug-likeness (QED) is 0.575. The molecule has 4 rings (SSSR count). The molecule has 3 fully saturated rings. The van der Waals surface area contributed by atoms with Crippen LogP contribution in [0.4, 0.5) is 5.69 Å². The fourth-order valence-corrected chi connectivity index (χ4v) is 6.19. The van der Waals surface area contributed by atoms with Crippen LogP contribution in [0.15, 0.2) is 23.1 Å². The molecular formula is C23H33N3O6S. The molecule has 3 saturated heterocycles. The molecule has 0 N–H and O–H groups in total. The van der Waals surface area contributed by atoms with Crippen molar-refractivity contribution >= 4 is 27.6 Å². The first kappa shape index (κ1) is 24.0. The van der Waals surface area contributed by atoms with Gasteiger partial charge in [0.1, 0.15) is 0 Å². The number of anilines is 1. The molecule has 10 heteroatoms. The second-order valence-electron chi connectivity index (χ2n) is 8.82. The number of ether oxygens (including phenoxy) is 2. The van der Waals surface area contributed by atoms with E-state index in [2.05, 4.69) is 4.90 Å². The maximum absolute atomic E-state index is 13.2. The standard InChI is InChI=1S/C23H33N3O6S/c1-18(22(27)25-13-15-31-16-14-25)32-23(28)20-17-19(7-8-21(20)24-9-5-6-10-24)33(29,30)26-11-3-2-4-12-26/h7-8,17-18H,2-6,9-16H2,1H3. The Bertz CT molecular complexity index is 964. The molecule has 1 unspecified atom stereocenters. The van der Waals surface area contributed by atoms with Crippen molar-refractivity contribution in [1.82, 2.24) is 9.21 Å². The van der Waals surface area contributed by atoms with Crippen molar-refractivity contribution in [2.24, 2.45) is 0 Å². The van der Waals surface area contributed by atoms with Crippen LogP contribution in [0, 0.1) is 0 Å². The van der Waals surface area contributed by atoms with E-state index in [1.165, 1.54) is 10.4 Å². The van der Waals surface area contributed by atoms with Crippen molar-refractivity contribution in [2.75, 3.05) is 57.4 Å². The number of carbonyl (C=O) groups is 2. The van der Waals surface area contributed by atoms with Crippen molar-refractivity contribution in [1.29, 1.82) is 0 Å². The topological polar surface area (TPSA) is 96.5 Å². The van der Waals surface area contributed by atoms with Gasteiger partial charge in [-0.3, -0.25) is 4.79 Å². The highest BCUT2D eigenvalue weighted by Crippen LogP contribution is 2.30. The van der Waals surface area contributed by atoms with E-state index >= 15 is 0 Å². The third-order valence-electron chi connectivity index (χ3n) is 6.54. The van der Waals surface area contributed by atoms with Crippen LogP contribution >= 0.6 is 0 Å². The maximum Gasteiger partial charge on any atom is 0.341 e. The Balaban J connectivity index is 1.59. The van der Waals surface area contributed by atoms with Gasteiger partial charge >= 0.3 is 5.97 Å². The van der Waals surface area contributed by atoms with Crippen LogP contribution < -0.4 is 4.90 Å². The molecular weight excluding hydrogens is 446 g/mol. The molecule has 1 amide bonds. The van der Waals surface area contributed by atoms with Crippen LogP contribution in [0.5, 0.6) is 0 Å². The van der Waals surface area contributed by atoms with E-state index in [4.69, 9.17) is 9.47 Å². The van der Waals surface area contributed by atoms with Gasteiger partial charge in [-0.15, -0.1) is 0 Å². The minimum Gasteiger partial charge on any atom is -0.449 e. The van der Waals surface area contributed by atoms with Gasteiger partial charge in [0.25, 0.3) is 5.91 Å². The van der Waals surface area contributed by atoms with Crippen molar-refractivity contribution in [3.8, 4) is 0 Å². The summed E-state index contributed by atoms with van der Waals surface area (Å²) < 4.78 is 38.8. The monoisotopic (exact) mass is 479 g/mol. The van der Waals surface area contributed by atoms with Crippen LogP contribution in [0.3, 0.4) is 0 Å². The SMILES string of the molecule is CC(OC(=O)c1cc(S(=O)(=O)N2CCCCC2)ccc1N1CCCC1)C(=O)N1CCOCC1. The number of carbonyl (C=O) groups excluding carboxylic acids is 2. The van der Waals surface area contributed by atoms with Crippen molar-refractivity contribution in [3.63, 3.8) is 0 Å². The molecule has 1 aromatic rings. The van der Waals surface area contributed by atoms with Gasteiger partial charge in [-0.25, -0.2) is 13.2 Å². The highest BCUT2D eigenvalue weighted by Gasteiger charge is 2.31. The largest absolute Gasteiger partial charge is 0.449 e. The Labute approximate surface area is 195 Å². The van der Waals surface area contributed by atoms with Gasteiger partial charge in [-0.05, 0) is 50.8 Å². The summed E-state index contributed by atoms with van der Waals surface area (Å²) in [6.07, 6.45) is 3.74. The summed E-state index contributed by atoms with van der Waals surface area (Å²) in [7, 11) is -3.70. The van der Waals surface area contributed by atoms with Crippen molar-refractivity contribution in [2.45, 2.75) is 50.0 Å². The summed E-state index contributed by atoms with van der Waals surface area (Å²) >= 11 is 0. The number of piperidine rings is 1. The first-order valence-electron chi connectivity index (χ1n) is 11.8. The average Bonchev–Trinajstić information content (AvgIpc) is 3.39. The molecule has 3 aliphatic heterocycles. The maximum atomic E-state index is 13.2. The summed E-state index contributed by atoms with van der Waals surface area (Å²) in [5.41, 5.74) is 0.845. The van der Waals surface area contributed by atoms with Gasteiger partial charge in [0.2, 0.25) is 10.0 Å². The third-order valence-corrected chi connectivity index (χ3v) is 8.44. The predicted octanol–water partition coefficient (Wildman–Crippen LogP) is 1.87. The van der Waals surface area contributed by atoms with E-state index in [-0.39, 0.29) is 16.4 Å². The number of rotatable bonds is 6. The molecule has 182 valence electrons. The fraction of sp³-hybridized carbons (Fsp3) is 0.652. The second-order valence-corrected chi connectivity index (χ2v) is 10.8. The van der Waals surface area contributed by atoms with Crippen molar-refractivity contribution in [3.05, 3.63) is 23.8 Å². The van der Waals surface area contributed by atoms with E-state index in [9.17, 15) is 18.0 Å². The lowest BCUT2D eigenvalue weighted by molar-refractivity contribution is -0.143. The molecule has 0 spiro atoms. The summed E-state index contributed by atoms with van der Waals surface area (Å²) in [6, 6.07) is 4.70. The van der Waals surface area contributed by atoms with Crippen molar-refractivity contribution < 1.29 is 27.5 Å². The van der Waals surface area contributed by atoms with Crippen LogP contribution in [0.1, 0.15) is 49.4 Å². The number of esters is 1. The van der Waals surface area contributed by atoms with Gasteiger partial charge in [0.15, 0.2) is 6.10 Å². The summed E-state index contributed by atoms with van der Waals surface area (Å²) in [5, 5.41) is 0. The Hall–Kier alpha value is -2.17. The number of nitrogens with zero attached hydrogens (tertiary/aromatic N) is 3. The average molecular weight is 480 g/mol. The van der Waals surface area contributed by atoms with E-state index in [0.717, 1.165) is 45.2 Å². The Morgan fingerprint density at radius 1 is 0.939 bits per heavy atom. The van der Waals surface area contributed by atoms with E-state index in [1.807, 2.05) is 0 Å². The van der Waals surface area contributed by atoms with Gasteiger partial charge in [0, 0.05) is 39.3 Å². The fourth-order valence-electron chi connectivity index (χ4n) is 4.64. The predicted molar refractivity (Wildman–Crippen MR) is 123 cm³/mol. The molecule has 0 saturated carbocycles. The molecule has 33 heavy (non-hydrogen) atoms. The highest BCUT2D eigenvalue weighted by molar-refractivity contribution is 7.89. The zero-order valence-corrected chi connectivity index (χ0v) is 20.0. The Morgan fingerprint density at radius 3 is 2.24 bits per heavy atom. The number of hydrogen-bond acceptors (Lipinski definition) is 7. The molecule has 9 nitrogen and oxygen atoms in total. The number of sulfonamides is 1. The zero-order valence-electron chi connectivity index (χ0n) is 19.2. The number of amides is 1. The molecule has 0 aromatic heterocycles. The number of hydrogen-bond donors (Lipinski definition) is 0. The van der Waals surface area contributed by atoms with Crippen LogP contribution in [-0.2, 0) is 24.3 Å². The lowest BCUT2D eigenvalue weighted by Gasteiger charge is -2.29. The van der Waals surface area contributed by atoms with Crippen LogP contribution in [-0.4, -0.2) is 88.1 Å². The molecule has 0 aliphatic carbocycles. The van der Waals surface area contributed by atoms with Gasteiger partial charge in [-0.2, -0.15) is 4.31 Å². The van der Waals surface area contributed by atoms with Crippen LogP contribution in [0.25, 0.3) is 0 Å². The third kappa shape index (κ3) is 5.33. The molecule has 1 atom stereocenters. The molecule has 3 heterocycles. The lowest BCUT2D eigenvalue weighted by atomic mass is 10.1. The lowest BCUT2D eigenvalue weighted by Crippen LogP contribution is -2.46. The van der Waals surface area contributed by atoms with Gasteiger partial charge < -0.3 is 19.3 Å². The Morgan fingerprint density at radius 2 is 1.58 bits per heavy atom. The molecule has 1 aromatic carbocycles. The van der Waals surface area contributed by atoms with E-state index in [1.54, 1.807) is 24.0 Å². The smallest absolute Gasteiger partial charge is 0.341 e. The summed E-state index contributed by atoms with van der Waals surface area (Å²) in [4.78, 5) is 29.7. The van der Waals surface area contributed by atoms with Gasteiger partial charge in [0.05, 0.1) is 29.4 Å². The summed E-state index contributed by atoms with van der Waals surface area (Å²) in [5.74, 6) is -0.951. The molecule has 0 bridgehead atoms. The Kier molecular flexibility index (Phi) is 7.55. The number of morpholine rings is 1. The summed E-state index contributed by atoms with van der Waals surface area (Å²) in [6.45, 7) is 5.96. The van der Waals surface area contributed by atoms with E-state index < -0.39 is 22.1 Å². The van der Waals surface area contributed by atoms with Gasteiger partial charge in [-0.1, -0.05) is 6.42 Å². The highest BCUT2D eigenvalue weighted by atomic mass is 32.2. The van der Waals surface area contributed by atoms with E-state index in [0.29, 0.717) is 45.1 Å². The second kappa shape index (κ2) is 10.4. The minimum absolute atomic E-state index is 0.0893. The molecule has 3 aliphatic rings. The first-order chi connectivity index (χ1) is 15.9. The zero-order chi connectivity index (χ0) is 23.4. The normalized spacial score (nSPS) is 21.1. The first-order valence-corrected chi connectivity index (χ1v) is 13.3. The minimum atomic E-state index is -3.70.